The number of benzene rings is 2. The first kappa shape index (κ1) is 22.0. The fourth-order valence-electron chi connectivity index (χ4n) is 2.99. The van der Waals surface area contributed by atoms with Crippen molar-refractivity contribution in [2.45, 2.75) is 25.4 Å². The van der Waals surface area contributed by atoms with Crippen molar-refractivity contribution in [2.75, 3.05) is 11.9 Å². The van der Waals surface area contributed by atoms with Gasteiger partial charge in [-0.1, -0.05) is 37.3 Å². The third-order valence-electron chi connectivity index (χ3n) is 4.50. The minimum absolute atomic E-state index is 0.142. The van der Waals surface area contributed by atoms with Crippen LogP contribution in [0, 0.1) is 0 Å². The number of nitrogens with zero attached hydrogens (tertiary/aromatic N) is 3. The Morgan fingerprint density at radius 3 is 2.52 bits per heavy atom. The van der Waals surface area contributed by atoms with Gasteiger partial charge in [0.2, 0.25) is 0 Å². The highest BCUT2D eigenvalue weighted by Gasteiger charge is 2.31. The molecular weight excluding hydrogens is 413 g/mol. The average Bonchev–Trinajstić information content (AvgIpc) is 3.27. The van der Waals surface area contributed by atoms with Crippen molar-refractivity contribution in [2.24, 2.45) is 0 Å². The van der Waals surface area contributed by atoms with Crippen LogP contribution in [0.2, 0.25) is 0 Å². The summed E-state index contributed by atoms with van der Waals surface area (Å²) in [5.74, 6) is -1.92. The number of nitrogens with one attached hydrogen (secondary N) is 1. The normalized spacial score (nSPS) is 12.3. The third kappa shape index (κ3) is 5.47. The van der Waals surface area contributed by atoms with Gasteiger partial charge in [-0.25, -0.2) is 9.67 Å². The Bertz CT molecular complexity index is 1040. The number of anilines is 1. The van der Waals surface area contributed by atoms with Gasteiger partial charge in [0.05, 0.1) is 22.9 Å². The number of carbonyl (C=O) groups excluding carboxylic acids is 2. The van der Waals surface area contributed by atoms with E-state index in [1.54, 1.807) is 24.3 Å². The average molecular weight is 432 g/mol. The van der Waals surface area contributed by atoms with Crippen LogP contribution in [-0.2, 0) is 20.5 Å². The molecule has 0 spiro atoms. The first-order valence-electron chi connectivity index (χ1n) is 9.37. The second-order valence-corrected chi connectivity index (χ2v) is 6.60. The number of aromatic nitrogens is 3. The lowest BCUT2D eigenvalue weighted by Crippen LogP contribution is -2.24. The molecule has 0 saturated heterocycles. The molecule has 1 heterocycles. The number of amides is 1. The largest absolute Gasteiger partial charge is 0.455 e. The minimum Gasteiger partial charge on any atom is -0.455 e. The molecule has 0 radical (unpaired) electrons. The highest BCUT2D eigenvalue weighted by molar-refractivity contribution is 5.95. The monoisotopic (exact) mass is 432 g/mol. The van der Waals surface area contributed by atoms with Crippen LogP contribution >= 0.6 is 0 Å². The van der Waals surface area contributed by atoms with Crippen LogP contribution in [0.15, 0.2) is 61.2 Å². The molecule has 1 atom stereocenters. The van der Waals surface area contributed by atoms with Crippen molar-refractivity contribution >= 4 is 17.6 Å². The Morgan fingerprint density at radius 1 is 1.16 bits per heavy atom. The van der Waals surface area contributed by atoms with E-state index < -0.39 is 36.1 Å². The molecule has 7 nitrogen and oxygen atoms in total. The molecule has 3 aromatic rings. The fourth-order valence-corrected chi connectivity index (χ4v) is 2.99. The van der Waals surface area contributed by atoms with Crippen LogP contribution in [0.5, 0.6) is 0 Å². The molecule has 3 rings (SSSR count). The molecule has 0 saturated carbocycles. The summed E-state index contributed by atoms with van der Waals surface area (Å²) in [5, 5.41) is 6.23. The lowest BCUT2D eigenvalue weighted by atomic mass is 9.97. The second-order valence-electron chi connectivity index (χ2n) is 6.60. The SMILES string of the molecule is CCC(C(=O)OCC(=O)Nc1cc(C(F)(F)F)ccc1-n1cncn1)c1ccccc1. The van der Waals surface area contributed by atoms with E-state index in [1.807, 2.05) is 13.0 Å². The number of halogens is 3. The molecule has 162 valence electrons. The topological polar surface area (TPSA) is 86.1 Å². The lowest BCUT2D eigenvalue weighted by molar-refractivity contribution is -0.149. The van der Waals surface area contributed by atoms with Crippen LogP contribution in [-0.4, -0.2) is 33.2 Å². The smallest absolute Gasteiger partial charge is 0.416 e. The van der Waals surface area contributed by atoms with E-state index in [-0.39, 0.29) is 11.4 Å². The quantitative estimate of drug-likeness (QED) is 0.571. The number of alkyl halides is 3. The Kier molecular flexibility index (Phi) is 6.68. The van der Waals surface area contributed by atoms with Crippen LogP contribution in [0.25, 0.3) is 5.69 Å². The van der Waals surface area contributed by atoms with Crippen molar-refractivity contribution in [1.29, 1.82) is 0 Å². The standard InChI is InChI=1S/C21H19F3N4O3/c1-2-16(14-6-4-3-5-7-14)20(30)31-11-19(29)27-17-10-15(21(22,23)24)8-9-18(17)28-13-25-12-26-28/h3-10,12-13,16H,2,11H2,1H3,(H,27,29). The van der Waals surface area contributed by atoms with Crippen LogP contribution in [0.1, 0.15) is 30.4 Å². The Labute approximate surface area is 175 Å². The van der Waals surface area contributed by atoms with E-state index in [4.69, 9.17) is 4.74 Å². The van der Waals surface area contributed by atoms with Gasteiger partial charge in [0.25, 0.3) is 5.91 Å². The Balaban J connectivity index is 1.73. The molecule has 2 aromatic carbocycles. The lowest BCUT2D eigenvalue weighted by Gasteiger charge is -2.16. The second kappa shape index (κ2) is 9.41. The van der Waals surface area contributed by atoms with E-state index in [1.165, 1.54) is 23.4 Å². The number of rotatable bonds is 7. The molecule has 1 unspecified atom stereocenters. The summed E-state index contributed by atoms with van der Waals surface area (Å²) in [5.41, 5.74) is -0.155. The Hall–Kier alpha value is -3.69. The molecule has 10 heteroatoms. The molecule has 1 amide bonds. The maximum atomic E-state index is 13.1. The summed E-state index contributed by atoms with van der Waals surface area (Å²) in [6, 6.07) is 11.8. The summed E-state index contributed by atoms with van der Waals surface area (Å²) in [6.45, 7) is 1.17. The van der Waals surface area contributed by atoms with E-state index in [0.29, 0.717) is 6.42 Å². The molecule has 1 aromatic heterocycles. The van der Waals surface area contributed by atoms with Gasteiger partial charge in [-0.05, 0) is 30.2 Å². The van der Waals surface area contributed by atoms with E-state index in [0.717, 1.165) is 17.7 Å². The van der Waals surface area contributed by atoms with Crippen LogP contribution in [0.4, 0.5) is 18.9 Å². The molecule has 0 aliphatic rings. The number of hydrogen-bond acceptors (Lipinski definition) is 5. The first-order valence-corrected chi connectivity index (χ1v) is 9.37. The number of ether oxygens (including phenoxy) is 1. The minimum atomic E-state index is -4.60. The molecule has 31 heavy (non-hydrogen) atoms. The maximum absolute atomic E-state index is 13.1. The third-order valence-corrected chi connectivity index (χ3v) is 4.50. The predicted octanol–water partition coefficient (Wildman–Crippen LogP) is 3.96. The van der Waals surface area contributed by atoms with Gasteiger partial charge in [-0.3, -0.25) is 9.59 Å². The van der Waals surface area contributed by atoms with Crippen LogP contribution in [0.3, 0.4) is 0 Å². The first-order chi connectivity index (χ1) is 14.8. The predicted molar refractivity (Wildman–Crippen MR) is 105 cm³/mol. The summed E-state index contributed by atoms with van der Waals surface area (Å²) >= 11 is 0. The zero-order valence-electron chi connectivity index (χ0n) is 16.5. The van der Waals surface area contributed by atoms with Gasteiger partial charge in [0, 0.05) is 0 Å². The summed E-state index contributed by atoms with van der Waals surface area (Å²) < 4.78 is 45.6. The van der Waals surface area contributed by atoms with Crippen molar-refractivity contribution in [3.8, 4) is 5.69 Å². The van der Waals surface area contributed by atoms with E-state index in [9.17, 15) is 22.8 Å². The number of carbonyl (C=O) groups is 2. The van der Waals surface area contributed by atoms with Gasteiger partial charge in [-0.2, -0.15) is 18.3 Å². The zero-order chi connectivity index (χ0) is 22.4. The molecule has 1 N–H and O–H groups in total. The van der Waals surface area contributed by atoms with Crippen molar-refractivity contribution in [1.82, 2.24) is 14.8 Å². The van der Waals surface area contributed by atoms with E-state index in [2.05, 4.69) is 15.4 Å². The van der Waals surface area contributed by atoms with Crippen molar-refractivity contribution in [3.63, 3.8) is 0 Å². The van der Waals surface area contributed by atoms with Gasteiger partial charge >= 0.3 is 12.1 Å². The van der Waals surface area contributed by atoms with Gasteiger partial charge < -0.3 is 10.1 Å². The van der Waals surface area contributed by atoms with Gasteiger partial charge in [0.1, 0.15) is 12.7 Å². The number of hydrogen-bond donors (Lipinski definition) is 1. The van der Waals surface area contributed by atoms with Gasteiger partial charge in [-0.15, -0.1) is 0 Å². The highest BCUT2D eigenvalue weighted by Crippen LogP contribution is 2.33. The summed E-state index contributed by atoms with van der Waals surface area (Å²) in [7, 11) is 0. The molecule has 0 bridgehead atoms. The summed E-state index contributed by atoms with van der Waals surface area (Å²) in [6.07, 6.45) is -1.64. The fraction of sp³-hybridized carbons (Fsp3) is 0.238. The molecule has 0 aliphatic heterocycles. The number of esters is 1. The van der Waals surface area contributed by atoms with Crippen molar-refractivity contribution < 1.29 is 27.5 Å². The maximum Gasteiger partial charge on any atom is 0.416 e. The molecule has 0 fully saturated rings. The molecular formula is C21H19F3N4O3. The highest BCUT2D eigenvalue weighted by atomic mass is 19.4. The summed E-state index contributed by atoms with van der Waals surface area (Å²) in [4.78, 5) is 28.5. The van der Waals surface area contributed by atoms with Gasteiger partial charge in [0.15, 0.2) is 6.61 Å². The van der Waals surface area contributed by atoms with Crippen LogP contribution < -0.4 is 5.32 Å². The Morgan fingerprint density at radius 2 is 1.90 bits per heavy atom. The van der Waals surface area contributed by atoms with E-state index >= 15 is 0 Å². The molecule has 0 aliphatic carbocycles. The zero-order valence-corrected chi connectivity index (χ0v) is 16.5. The van der Waals surface area contributed by atoms with Crippen molar-refractivity contribution in [3.05, 3.63) is 72.3 Å².